The number of rotatable bonds is 3. The van der Waals surface area contributed by atoms with Crippen LogP contribution in [0.4, 0.5) is 5.69 Å². The van der Waals surface area contributed by atoms with Gasteiger partial charge in [0.05, 0.1) is 16.6 Å². The van der Waals surface area contributed by atoms with Crippen LogP contribution in [-0.4, -0.2) is 28.4 Å². The summed E-state index contributed by atoms with van der Waals surface area (Å²) in [7, 11) is 0. The van der Waals surface area contributed by atoms with E-state index >= 15 is 0 Å². The van der Waals surface area contributed by atoms with Crippen molar-refractivity contribution in [2.45, 2.75) is 6.54 Å². The summed E-state index contributed by atoms with van der Waals surface area (Å²) in [6.07, 6.45) is 0. The van der Waals surface area contributed by atoms with Crippen LogP contribution in [0.2, 0.25) is 5.02 Å². The van der Waals surface area contributed by atoms with E-state index in [9.17, 15) is 14.4 Å². The molecule has 2 amide bonds. The lowest BCUT2D eigenvalue weighted by Crippen LogP contribution is -2.28. The van der Waals surface area contributed by atoms with Crippen LogP contribution in [0.3, 0.4) is 0 Å². The fraction of sp³-hybridized carbons (Fsp3) is 0.111. The number of anilines is 1. The van der Waals surface area contributed by atoms with Crippen LogP contribution in [0.25, 0.3) is 10.9 Å². The number of nitrogens with one attached hydrogen (secondary N) is 3. The number of hydrogen-bond donors (Lipinski definition) is 3. The number of H-pyrrole nitrogens is 1. The third-order valence-corrected chi connectivity index (χ3v) is 4.25. The number of amides is 2. The molecule has 3 N–H and O–H groups in total. The first-order chi connectivity index (χ1) is 13.0. The maximum atomic E-state index is 12.4. The lowest BCUT2D eigenvalue weighted by atomic mass is 10.1. The number of carbonyl (C=O) groups excluding carboxylic acids is 2. The van der Waals surface area contributed by atoms with E-state index in [2.05, 4.69) is 20.6 Å². The van der Waals surface area contributed by atoms with Gasteiger partial charge in [-0.05, 0) is 35.9 Å². The average Bonchev–Trinajstić information content (AvgIpc) is 2.66. The minimum atomic E-state index is -0.526. The van der Waals surface area contributed by atoms with Crippen molar-refractivity contribution in [3.63, 3.8) is 0 Å². The van der Waals surface area contributed by atoms with Crippen molar-refractivity contribution in [2.75, 3.05) is 11.9 Å². The number of carbonyl (C=O) groups is 2. The smallest absolute Gasteiger partial charge is 0.287 e. The second kappa shape index (κ2) is 6.73. The lowest BCUT2D eigenvalue weighted by Gasteiger charge is -2.18. The monoisotopic (exact) mass is 384 g/mol. The van der Waals surface area contributed by atoms with Crippen molar-refractivity contribution in [1.82, 2.24) is 15.3 Å². The molecule has 8 nitrogen and oxygen atoms in total. The van der Waals surface area contributed by atoms with Gasteiger partial charge < -0.3 is 20.4 Å². The molecule has 2 aromatic carbocycles. The summed E-state index contributed by atoms with van der Waals surface area (Å²) in [4.78, 5) is 42.5. The van der Waals surface area contributed by atoms with E-state index in [0.29, 0.717) is 27.4 Å². The van der Waals surface area contributed by atoms with Crippen molar-refractivity contribution in [1.29, 1.82) is 0 Å². The first-order valence-electron chi connectivity index (χ1n) is 8.03. The highest BCUT2D eigenvalue weighted by Crippen LogP contribution is 2.28. The second-order valence-corrected chi connectivity index (χ2v) is 6.36. The topological polar surface area (TPSA) is 113 Å². The number of aromatic amines is 1. The first kappa shape index (κ1) is 17.0. The summed E-state index contributed by atoms with van der Waals surface area (Å²) in [5.74, 6) is -0.281. The van der Waals surface area contributed by atoms with Gasteiger partial charge in [0.15, 0.2) is 12.4 Å². The van der Waals surface area contributed by atoms with E-state index in [-0.39, 0.29) is 24.9 Å². The Morgan fingerprint density at radius 3 is 2.93 bits per heavy atom. The van der Waals surface area contributed by atoms with Crippen molar-refractivity contribution in [3.05, 3.63) is 63.2 Å². The molecule has 0 atom stereocenters. The van der Waals surface area contributed by atoms with E-state index in [4.69, 9.17) is 16.3 Å². The molecule has 0 unspecified atom stereocenters. The second-order valence-electron chi connectivity index (χ2n) is 5.93. The summed E-state index contributed by atoms with van der Waals surface area (Å²) in [5, 5.41) is 6.11. The SMILES string of the molecule is O=C1COc2ccc(CNC(=O)c3nc4ccc(Cl)cc4c(=O)[nH]3)cc2N1. The first-order valence-corrected chi connectivity index (χ1v) is 8.41. The van der Waals surface area contributed by atoms with Crippen LogP contribution in [0.15, 0.2) is 41.2 Å². The van der Waals surface area contributed by atoms with Gasteiger partial charge in [-0.25, -0.2) is 4.98 Å². The maximum absolute atomic E-state index is 12.4. The summed E-state index contributed by atoms with van der Waals surface area (Å²) in [6.45, 7) is 0.166. The summed E-state index contributed by atoms with van der Waals surface area (Å²) in [5.41, 5.74) is 1.23. The third kappa shape index (κ3) is 3.47. The molecule has 27 heavy (non-hydrogen) atoms. The predicted molar refractivity (Wildman–Crippen MR) is 99.1 cm³/mol. The highest BCUT2D eigenvalue weighted by Gasteiger charge is 2.16. The Hall–Kier alpha value is -3.39. The van der Waals surface area contributed by atoms with Crippen LogP contribution in [0.5, 0.6) is 5.75 Å². The number of hydrogen-bond acceptors (Lipinski definition) is 5. The number of aromatic nitrogens is 2. The minimum absolute atomic E-state index is 0.0186. The Morgan fingerprint density at radius 1 is 1.22 bits per heavy atom. The zero-order valence-corrected chi connectivity index (χ0v) is 14.6. The summed E-state index contributed by atoms with van der Waals surface area (Å²) in [6, 6.07) is 9.88. The number of benzene rings is 2. The van der Waals surface area contributed by atoms with Gasteiger partial charge in [0, 0.05) is 11.6 Å². The zero-order chi connectivity index (χ0) is 19.0. The zero-order valence-electron chi connectivity index (χ0n) is 13.8. The van der Waals surface area contributed by atoms with E-state index in [0.717, 1.165) is 5.56 Å². The van der Waals surface area contributed by atoms with Crippen molar-refractivity contribution in [2.24, 2.45) is 0 Å². The molecule has 9 heteroatoms. The van der Waals surface area contributed by atoms with E-state index in [1.165, 1.54) is 6.07 Å². The Balaban J connectivity index is 1.52. The molecule has 0 saturated carbocycles. The van der Waals surface area contributed by atoms with Gasteiger partial charge in [0.25, 0.3) is 17.4 Å². The van der Waals surface area contributed by atoms with Crippen LogP contribution < -0.4 is 20.9 Å². The molecular weight excluding hydrogens is 372 g/mol. The normalized spacial score (nSPS) is 12.9. The molecule has 3 aromatic rings. The average molecular weight is 385 g/mol. The Labute approximate surface area is 157 Å². The number of fused-ring (bicyclic) bond motifs is 2. The summed E-state index contributed by atoms with van der Waals surface area (Å²) >= 11 is 5.88. The molecule has 0 spiro atoms. The van der Waals surface area contributed by atoms with Gasteiger partial charge in [0.1, 0.15) is 5.75 Å². The minimum Gasteiger partial charge on any atom is -0.482 e. The number of halogens is 1. The third-order valence-electron chi connectivity index (χ3n) is 4.01. The highest BCUT2D eigenvalue weighted by molar-refractivity contribution is 6.31. The molecular formula is C18H13ClN4O4. The quantitative estimate of drug-likeness (QED) is 0.637. The van der Waals surface area contributed by atoms with Gasteiger partial charge in [-0.1, -0.05) is 17.7 Å². The predicted octanol–water partition coefficient (Wildman–Crippen LogP) is 1.84. The molecule has 2 heterocycles. The fourth-order valence-electron chi connectivity index (χ4n) is 2.72. The van der Waals surface area contributed by atoms with Crippen LogP contribution in [0, 0.1) is 0 Å². The molecule has 0 saturated heterocycles. The van der Waals surface area contributed by atoms with Gasteiger partial charge in [-0.15, -0.1) is 0 Å². The van der Waals surface area contributed by atoms with Crippen LogP contribution >= 0.6 is 11.6 Å². The molecule has 0 aliphatic carbocycles. The van der Waals surface area contributed by atoms with Crippen molar-refractivity contribution in [3.8, 4) is 5.75 Å². The highest BCUT2D eigenvalue weighted by atomic mass is 35.5. The van der Waals surface area contributed by atoms with Gasteiger partial charge in [-0.3, -0.25) is 14.4 Å². The Morgan fingerprint density at radius 2 is 2.07 bits per heavy atom. The fourth-order valence-corrected chi connectivity index (χ4v) is 2.90. The molecule has 1 aliphatic rings. The van der Waals surface area contributed by atoms with Crippen molar-refractivity contribution >= 4 is 40.0 Å². The largest absolute Gasteiger partial charge is 0.482 e. The van der Waals surface area contributed by atoms with Crippen molar-refractivity contribution < 1.29 is 14.3 Å². The van der Waals surface area contributed by atoms with E-state index < -0.39 is 11.5 Å². The molecule has 1 aliphatic heterocycles. The van der Waals surface area contributed by atoms with Gasteiger partial charge >= 0.3 is 0 Å². The molecule has 0 bridgehead atoms. The number of ether oxygens (including phenoxy) is 1. The Bertz CT molecular complexity index is 1140. The van der Waals surface area contributed by atoms with Gasteiger partial charge in [-0.2, -0.15) is 0 Å². The van der Waals surface area contributed by atoms with E-state index in [1.54, 1.807) is 30.3 Å². The molecule has 0 fully saturated rings. The standard InChI is InChI=1S/C18H13ClN4O4/c19-10-2-3-12-11(6-10)17(25)23-16(22-12)18(26)20-7-9-1-4-14-13(5-9)21-15(24)8-27-14/h1-6H,7-8H2,(H,20,26)(H,21,24)(H,22,23,25). The summed E-state index contributed by atoms with van der Waals surface area (Å²) < 4.78 is 5.29. The molecule has 136 valence electrons. The number of nitrogens with zero attached hydrogens (tertiary/aromatic N) is 1. The van der Waals surface area contributed by atoms with Gasteiger partial charge in [0.2, 0.25) is 0 Å². The maximum Gasteiger partial charge on any atom is 0.287 e. The lowest BCUT2D eigenvalue weighted by molar-refractivity contribution is -0.118. The molecule has 1 aromatic heterocycles. The molecule has 0 radical (unpaired) electrons. The van der Waals surface area contributed by atoms with E-state index in [1.807, 2.05) is 0 Å². The Kier molecular flexibility index (Phi) is 4.25. The molecule has 4 rings (SSSR count). The van der Waals surface area contributed by atoms with Crippen LogP contribution in [0.1, 0.15) is 16.2 Å². The van der Waals surface area contributed by atoms with Crippen LogP contribution in [-0.2, 0) is 11.3 Å².